The number of hydrogen-bond donors (Lipinski definition) is 0. The molecule has 0 saturated heterocycles. The summed E-state index contributed by atoms with van der Waals surface area (Å²) in [5.41, 5.74) is 1.33. The zero-order valence-electron chi connectivity index (χ0n) is 14.8. The molecule has 1 aromatic carbocycles. The number of aromatic nitrogens is 1. The van der Waals surface area contributed by atoms with E-state index in [1.807, 2.05) is 4.90 Å². The molecule has 0 spiro atoms. The van der Waals surface area contributed by atoms with Crippen LogP contribution in [-0.2, 0) is 18.4 Å². The van der Waals surface area contributed by atoms with Gasteiger partial charge in [-0.2, -0.15) is 0 Å². The molecule has 3 heterocycles. The first-order chi connectivity index (χ1) is 11.9. The molecule has 4 rings (SSSR count). The minimum absolute atomic E-state index is 0.0251. The number of fused-ring (bicyclic) bond motifs is 2. The van der Waals surface area contributed by atoms with E-state index in [-0.39, 0.29) is 11.3 Å². The molecule has 2 aliphatic rings. The molecule has 25 heavy (non-hydrogen) atoms. The summed E-state index contributed by atoms with van der Waals surface area (Å²) in [7, 11) is 0. The Balaban J connectivity index is 1.55. The number of carbonyl (C=O) groups excluding carboxylic acids is 1. The van der Waals surface area contributed by atoms with Crippen LogP contribution in [0.4, 0.5) is 0 Å². The molecule has 2 aliphatic heterocycles. The quantitative estimate of drug-likeness (QED) is 0.797. The van der Waals surface area contributed by atoms with E-state index in [2.05, 4.69) is 25.8 Å². The van der Waals surface area contributed by atoms with Crippen LogP contribution in [0.1, 0.15) is 48.5 Å². The Hall–Kier alpha value is -2.50. The van der Waals surface area contributed by atoms with E-state index < -0.39 is 0 Å². The summed E-state index contributed by atoms with van der Waals surface area (Å²) in [5.74, 6) is 2.92. The summed E-state index contributed by atoms with van der Waals surface area (Å²) in [6.07, 6.45) is 0.689. The molecule has 0 atom stereocenters. The molecular formula is C19H22N2O4. The summed E-state index contributed by atoms with van der Waals surface area (Å²) in [6.45, 7) is 8.36. The maximum Gasteiger partial charge on any atom is 0.254 e. The summed E-state index contributed by atoms with van der Waals surface area (Å²) in [5, 5.41) is 0. The fourth-order valence-corrected chi connectivity index (χ4v) is 3.05. The second kappa shape index (κ2) is 5.79. The highest BCUT2D eigenvalue weighted by Gasteiger charge is 2.30. The van der Waals surface area contributed by atoms with Crippen LogP contribution in [0, 0.1) is 0 Å². The van der Waals surface area contributed by atoms with E-state index in [1.54, 1.807) is 18.2 Å². The molecule has 0 radical (unpaired) electrons. The van der Waals surface area contributed by atoms with Gasteiger partial charge in [0.2, 0.25) is 0 Å². The van der Waals surface area contributed by atoms with Crippen molar-refractivity contribution in [2.45, 2.75) is 39.2 Å². The third kappa shape index (κ3) is 2.97. The first-order valence-electron chi connectivity index (χ1n) is 8.60. The number of oxazole rings is 1. The second-order valence-corrected chi connectivity index (χ2v) is 7.47. The van der Waals surface area contributed by atoms with E-state index in [1.165, 1.54) is 0 Å². The minimum Gasteiger partial charge on any atom is -0.486 e. The van der Waals surface area contributed by atoms with Crippen molar-refractivity contribution in [3.05, 3.63) is 41.1 Å². The number of rotatable bonds is 1. The highest BCUT2D eigenvalue weighted by molar-refractivity contribution is 5.95. The SMILES string of the molecule is CC(C)(C)c1nc2c(o1)CCN(C(=O)c1ccc3c(c1)OCCO3)C2. The van der Waals surface area contributed by atoms with Gasteiger partial charge in [-0.15, -0.1) is 0 Å². The van der Waals surface area contributed by atoms with Gasteiger partial charge >= 0.3 is 0 Å². The molecule has 0 bridgehead atoms. The summed E-state index contributed by atoms with van der Waals surface area (Å²) in [6, 6.07) is 5.34. The zero-order valence-corrected chi connectivity index (χ0v) is 14.8. The van der Waals surface area contributed by atoms with E-state index in [0.29, 0.717) is 49.8 Å². The predicted octanol–water partition coefficient (Wildman–Crippen LogP) is 2.94. The largest absolute Gasteiger partial charge is 0.486 e. The van der Waals surface area contributed by atoms with Gasteiger partial charge in [-0.3, -0.25) is 4.79 Å². The van der Waals surface area contributed by atoms with Crippen molar-refractivity contribution in [3.8, 4) is 11.5 Å². The van der Waals surface area contributed by atoms with E-state index >= 15 is 0 Å². The van der Waals surface area contributed by atoms with Crippen LogP contribution in [0.25, 0.3) is 0 Å². The molecule has 6 nitrogen and oxygen atoms in total. The van der Waals surface area contributed by atoms with Crippen LogP contribution in [0.15, 0.2) is 22.6 Å². The Morgan fingerprint density at radius 1 is 1.16 bits per heavy atom. The number of hydrogen-bond acceptors (Lipinski definition) is 5. The van der Waals surface area contributed by atoms with Crippen molar-refractivity contribution in [2.24, 2.45) is 0 Å². The average molecular weight is 342 g/mol. The molecule has 0 fully saturated rings. The van der Waals surface area contributed by atoms with Crippen LogP contribution in [0.2, 0.25) is 0 Å². The summed E-state index contributed by atoms with van der Waals surface area (Å²) < 4.78 is 17.0. The fraction of sp³-hybridized carbons (Fsp3) is 0.474. The molecular weight excluding hydrogens is 320 g/mol. The van der Waals surface area contributed by atoms with Gasteiger partial charge in [-0.05, 0) is 18.2 Å². The van der Waals surface area contributed by atoms with Crippen LogP contribution in [0.3, 0.4) is 0 Å². The summed E-state index contributed by atoms with van der Waals surface area (Å²) in [4.78, 5) is 19.3. The smallest absolute Gasteiger partial charge is 0.254 e. The number of carbonyl (C=O) groups is 1. The van der Waals surface area contributed by atoms with Crippen LogP contribution >= 0.6 is 0 Å². The molecule has 1 aromatic heterocycles. The van der Waals surface area contributed by atoms with Gasteiger partial charge in [0.05, 0.1) is 6.54 Å². The van der Waals surface area contributed by atoms with Crippen LogP contribution < -0.4 is 9.47 Å². The maximum absolute atomic E-state index is 12.9. The highest BCUT2D eigenvalue weighted by Crippen LogP contribution is 2.32. The van der Waals surface area contributed by atoms with Crippen LogP contribution in [-0.4, -0.2) is 35.5 Å². The third-order valence-electron chi connectivity index (χ3n) is 4.45. The number of nitrogens with zero attached hydrogens (tertiary/aromatic N) is 2. The Labute approximate surface area is 146 Å². The third-order valence-corrected chi connectivity index (χ3v) is 4.45. The number of benzene rings is 1. The monoisotopic (exact) mass is 342 g/mol. The zero-order chi connectivity index (χ0) is 17.6. The Kier molecular flexibility index (Phi) is 3.71. The van der Waals surface area contributed by atoms with Gasteiger partial charge in [0, 0.05) is 23.9 Å². The van der Waals surface area contributed by atoms with Crippen molar-refractivity contribution in [2.75, 3.05) is 19.8 Å². The molecule has 132 valence electrons. The van der Waals surface area contributed by atoms with Crippen LogP contribution in [0.5, 0.6) is 11.5 Å². The van der Waals surface area contributed by atoms with Gasteiger partial charge in [-0.25, -0.2) is 4.98 Å². The molecule has 0 N–H and O–H groups in total. The van der Waals surface area contributed by atoms with Crippen molar-refractivity contribution in [3.63, 3.8) is 0 Å². The molecule has 0 aliphatic carbocycles. The van der Waals surface area contributed by atoms with Crippen molar-refractivity contribution >= 4 is 5.91 Å². The first kappa shape index (κ1) is 16.0. The van der Waals surface area contributed by atoms with Crippen molar-refractivity contribution in [1.82, 2.24) is 9.88 Å². The van der Waals surface area contributed by atoms with Gasteiger partial charge < -0.3 is 18.8 Å². The van der Waals surface area contributed by atoms with Crippen molar-refractivity contribution < 1.29 is 18.7 Å². The minimum atomic E-state index is -0.137. The molecule has 2 aromatic rings. The molecule has 1 amide bonds. The van der Waals surface area contributed by atoms with Crippen molar-refractivity contribution in [1.29, 1.82) is 0 Å². The van der Waals surface area contributed by atoms with Gasteiger partial charge in [0.15, 0.2) is 17.4 Å². The van der Waals surface area contributed by atoms with E-state index in [0.717, 1.165) is 17.3 Å². The lowest BCUT2D eigenvalue weighted by molar-refractivity contribution is 0.0726. The number of amides is 1. The Morgan fingerprint density at radius 2 is 1.92 bits per heavy atom. The lowest BCUT2D eigenvalue weighted by Gasteiger charge is -2.26. The lowest BCUT2D eigenvalue weighted by atomic mass is 9.97. The fourth-order valence-electron chi connectivity index (χ4n) is 3.05. The maximum atomic E-state index is 12.9. The summed E-state index contributed by atoms with van der Waals surface area (Å²) >= 11 is 0. The van der Waals surface area contributed by atoms with E-state index in [9.17, 15) is 4.79 Å². The molecule has 0 unspecified atom stereocenters. The topological polar surface area (TPSA) is 64.8 Å². The lowest BCUT2D eigenvalue weighted by Crippen LogP contribution is -2.35. The normalized spacial score (nSPS) is 16.5. The molecule has 6 heteroatoms. The van der Waals surface area contributed by atoms with Gasteiger partial charge in [0.1, 0.15) is 24.7 Å². The first-order valence-corrected chi connectivity index (χ1v) is 8.60. The predicted molar refractivity (Wildman–Crippen MR) is 91.1 cm³/mol. The Morgan fingerprint density at radius 3 is 2.68 bits per heavy atom. The van der Waals surface area contributed by atoms with Gasteiger partial charge in [-0.1, -0.05) is 20.8 Å². The highest BCUT2D eigenvalue weighted by atomic mass is 16.6. The van der Waals surface area contributed by atoms with Gasteiger partial charge in [0.25, 0.3) is 5.91 Å². The number of ether oxygens (including phenoxy) is 2. The Bertz CT molecular complexity index is 819. The average Bonchev–Trinajstić information content (AvgIpc) is 3.04. The second-order valence-electron chi connectivity index (χ2n) is 7.47. The standard InChI is InChI=1S/C19H22N2O4/c1-19(2,3)18-20-13-11-21(7-6-14(13)25-18)17(22)12-4-5-15-16(10-12)24-9-8-23-15/h4-5,10H,6-9,11H2,1-3H3. The van der Waals surface area contributed by atoms with E-state index in [4.69, 9.17) is 13.9 Å². The molecule has 0 saturated carbocycles.